The highest BCUT2D eigenvalue weighted by atomic mass is 35.5. The van der Waals surface area contributed by atoms with E-state index in [4.69, 9.17) is 16.3 Å². The van der Waals surface area contributed by atoms with E-state index in [-0.39, 0.29) is 11.9 Å². The number of hydrogen-bond donors (Lipinski definition) is 1. The quantitative estimate of drug-likeness (QED) is 0.415. The summed E-state index contributed by atoms with van der Waals surface area (Å²) < 4.78 is 22.1. The molecule has 0 spiro atoms. The molecule has 7 heteroatoms. The van der Waals surface area contributed by atoms with Gasteiger partial charge in [0.1, 0.15) is 30.0 Å². The molecule has 4 aromatic rings. The van der Waals surface area contributed by atoms with Gasteiger partial charge in [-0.1, -0.05) is 53.6 Å². The third-order valence-electron chi connectivity index (χ3n) is 5.94. The first kappa shape index (κ1) is 19.1. The molecule has 0 amide bonds. The monoisotopic (exact) mass is 444 g/mol. The smallest absolute Gasteiger partial charge is 0.226 e. The highest BCUT2D eigenvalue weighted by Gasteiger charge is 2.41. The molecule has 158 valence electrons. The molecule has 0 aliphatic carbocycles. The van der Waals surface area contributed by atoms with Gasteiger partial charge in [-0.05, 0) is 48.4 Å². The summed E-state index contributed by atoms with van der Waals surface area (Å²) in [5.41, 5.74) is 5.78. The minimum Gasteiger partial charge on any atom is -0.480 e. The maximum Gasteiger partial charge on any atom is 0.226 e. The van der Waals surface area contributed by atoms with Crippen LogP contribution >= 0.6 is 11.6 Å². The average molecular weight is 445 g/mol. The molecule has 2 atom stereocenters. The van der Waals surface area contributed by atoms with Crippen molar-refractivity contribution in [1.82, 2.24) is 14.8 Å². The van der Waals surface area contributed by atoms with Crippen LogP contribution in [0.15, 0.2) is 78.6 Å². The number of ether oxygens (including phenoxy) is 1. The molecule has 0 bridgehead atoms. The van der Waals surface area contributed by atoms with Gasteiger partial charge in [0.2, 0.25) is 5.95 Å². The van der Waals surface area contributed by atoms with Crippen LogP contribution in [0.1, 0.15) is 34.4 Å². The number of nitrogens with zero attached hydrogens (tertiary/aromatic N) is 3. The van der Waals surface area contributed by atoms with Crippen molar-refractivity contribution in [3.05, 3.63) is 112 Å². The van der Waals surface area contributed by atoms with Crippen LogP contribution in [0.5, 0.6) is 5.75 Å². The number of hydrogen-bond acceptors (Lipinski definition) is 4. The maximum absolute atomic E-state index is 13.7. The minimum absolute atomic E-state index is 0.258. The highest BCUT2D eigenvalue weighted by Crippen LogP contribution is 2.51. The highest BCUT2D eigenvalue weighted by molar-refractivity contribution is 6.30. The lowest BCUT2D eigenvalue weighted by Gasteiger charge is -2.39. The molecule has 3 aromatic carbocycles. The molecule has 3 heterocycles. The van der Waals surface area contributed by atoms with Crippen LogP contribution in [0.2, 0.25) is 5.02 Å². The molecule has 1 aromatic heterocycles. The molecule has 0 saturated carbocycles. The van der Waals surface area contributed by atoms with E-state index in [0.29, 0.717) is 16.7 Å². The summed E-state index contributed by atoms with van der Waals surface area (Å²) in [5, 5.41) is 8.56. The fraction of sp³-hybridized carbons (Fsp3) is 0.120. The molecule has 2 aliphatic heterocycles. The van der Waals surface area contributed by atoms with Crippen LogP contribution in [0.4, 0.5) is 10.3 Å². The molecular weight excluding hydrogens is 427 g/mol. The molecule has 1 N–H and O–H groups in total. The Bertz CT molecular complexity index is 1360. The summed E-state index contributed by atoms with van der Waals surface area (Å²) in [6.45, 7) is 2.06. The van der Waals surface area contributed by atoms with Crippen LogP contribution in [0.25, 0.3) is 5.70 Å². The Morgan fingerprint density at radius 3 is 2.53 bits per heavy atom. The van der Waals surface area contributed by atoms with Crippen LogP contribution in [0.3, 0.4) is 0 Å². The Balaban J connectivity index is 1.63. The third-order valence-corrected chi connectivity index (χ3v) is 6.18. The molecule has 0 saturated heterocycles. The van der Waals surface area contributed by atoms with E-state index in [1.165, 1.54) is 24.0 Å². The maximum atomic E-state index is 13.7. The van der Waals surface area contributed by atoms with Gasteiger partial charge in [-0.25, -0.2) is 9.07 Å². The Labute approximate surface area is 189 Å². The van der Waals surface area contributed by atoms with Gasteiger partial charge in [0, 0.05) is 16.2 Å². The van der Waals surface area contributed by atoms with E-state index in [2.05, 4.69) is 46.6 Å². The van der Waals surface area contributed by atoms with Crippen molar-refractivity contribution in [1.29, 1.82) is 0 Å². The zero-order chi connectivity index (χ0) is 21.8. The normalized spacial score (nSPS) is 18.8. The van der Waals surface area contributed by atoms with Crippen LogP contribution in [0, 0.1) is 12.7 Å². The first-order chi connectivity index (χ1) is 15.6. The van der Waals surface area contributed by atoms with E-state index in [1.807, 2.05) is 16.8 Å². The van der Waals surface area contributed by atoms with Crippen LogP contribution in [-0.4, -0.2) is 14.8 Å². The number of nitrogens with one attached hydrogen (secondary N) is 1. The molecule has 2 unspecified atom stereocenters. The summed E-state index contributed by atoms with van der Waals surface area (Å²) in [4.78, 5) is 4.43. The third kappa shape index (κ3) is 2.99. The number of fused-ring (bicyclic) bond motifs is 3. The van der Waals surface area contributed by atoms with Gasteiger partial charge in [0.25, 0.3) is 0 Å². The number of aromatic nitrogens is 3. The average Bonchev–Trinajstić information content (AvgIpc) is 3.27. The molecule has 6 rings (SSSR count). The van der Waals surface area contributed by atoms with E-state index in [1.54, 1.807) is 18.2 Å². The number of rotatable bonds is 2. The SMILES string of the molecule is Cc1ccc(C2C3=C(Nc4ncnn42)c2cc(Cl)ccc2OC3c2ccc(F)cc2)cc1. The summed E-state index contributed by atoms with van der Waals surface area (Å²) in [6, 6.07) is 20.1. The van der Waals surface area contributed by atoms with E-state index in [0.717, 1.165) is 28.0 Å². The minimum atomic E-state index is -0.449. The topological polar surface area (TPSA) is 52.0 Å². The number of halogens is 2. The Hall–Kier alpha value is -3.64. The van der Waals surface area contributed by atoms with Gasteiger partial charge in [0.15, 0.2) is 0 Å². The fourth-order valence-corrected chi connectivity index (χ4v) is 4.60. The van der Waals surface area contributed by atoms with Crippen molar-refractivity contribution < 1.29 is 9.13 Å². The van der Waals surface area contributed by atoms with Gasteiger partial charge in [-0.15, -0.1) is 0 Å². The second-order valence-corrected chi connectivity index (χ2v) is 8.42. The van der Waals surface area contributed by atoms with Crippen LogP contribution < -0.4 is 10.1 Å². The van der Waals surface area contributed by atoms with Crippen molar-refractivity contribution in [3.8, 4) is 5.75 Å². The number of anilines is 1. The van der Waals surface area contributed by atoms with Gasteiger partial charge >= 0.3 is 0 Å². The molecule has 32 heavy (non-hydrogen) atoms. The van der Waals surface area contributed by atoms with Crippen LogP contribution in [-0.2, 0) is 0 Å². The van der Waals surface area contributed by atoms with Crippen molar-refractivity contribution >= 4 is 23.2 Å². The lowest BCUT2D eigenvalue weighted by Crippen LogP contribution is -2.32. The van der Waals surface area contributed by atoms with Gasteiger partial charge < -0.3 is 10.1 Å². The largest absolute Gasteiger partial charge is 0.480 e. The van der Waals surface area contributed by atoms with Gasteiger partial charge in [-0.3, -0.25) is 0 Å². The molecule has 0 radical (unpaired) electrons. The summed E-state index contributed by atoms with van der Waals surface area (Å²) in [5.74, 6) is 1.05. The van der Waals surface area contributed by atoms with Gasteiger partial charge in [0.05, 0.1) is 5.70 Å². The zero-order valence-electron chi connectivity index (χ0n) is 17.1. The Morgan fingerprint density at radius 1 is 1.00 bits per heavy atom. The summed E-state index contributed by atoms with van der Waals surface area (Å²) in [7, 11) is 0. The predicted octanol–water partition coefficient (Wildman–Crippen LogP) is 5.94. The van der Waals surface area contributed by atoms with E-state index >= 15 is 0 Å². The zero-order valence-corrected chi connectivity index (χ0v) is 17.8. The number of aryl methyl sites for hydroxylation is 1. The summed E-state index contributed by atoms with van der Waals surface area (Å²) in [6.07, 6.45) is 1.09. The summed E-state index contributed by atoms with van der Waals surface area (Å²) >= 11 is 6.35. The fourth-order valence-electron chi connectivity index (χ4n) is 4.42. The first-order valence-corrected chi connectivity index (χ1v) is 10.7. The van der Waals surface area contributed by atoms with Crippen molar-refractivity contribution in [2.75, 3.05) is 5.32 Å². The second kappa shape index (κ2) is 7.21. The van der Waals surface area contributed by atoms with Crippen molar-refractivity contribution in [3.63, 3.8) is 0 Å². The standard InChI is InChI=1S/C25H18ClFN4O/c1-14-2-4-15(5-3-14)23-21-22(30-25-28-13-29-31(23)25)19-12-17(26)8-11-20(19)32-24(21)16-6-9-18(27)10-7-16/h2-13,23-24H,1H3,(H,28,29,30). The lowest BCUT2D eigenvalue weighted by atomic mass is 9.84. The molecular formula is C25H18ClFN4O. The number of benzene rings is 3. The second-order valence-electron chi connectivity index (χ2n) is 7.99. The van der Waals surface area contributed by atoms with E-state index in [9.17, 15) is 4.39 Å². The molecule has 2 aliphatic rings. The van der Waals surface area contributed by atoms with E-state index < -0.39 is 6.10 Å². The Kier molecular flexibility index (Phi) is 4.30. The first-order valence-electron chi connectivity index (χ1n) is 10.3. The van der Waals surface area contributed by atoms with Crippen molar-refractivity contribution in [2.45, 2.75) is 19.1 Å². The Morgan fingerprint density at radius 2 is 1.75 bits per heavy atom. The van der Waals surface area contributed by atoms with Gasteiger partial charge in [-0.2, -0.15) is 10.1 Å². The molecule has 5 nitrogen and oxygen atoms in total. The van der Waals surface area contributed by atoms with Crippen molar-refractivity contribution in [2.24, 2.45) is 0 Å². The lowest BCUT2D eigenvalue weighted by molar-refractivity contribution is 0.223. The predicted molar refractivity (Wildman–Crippen MR) is 121 cm³/mol. The molecule has 0 fully saturated rings.